The quantitative estimate of drug-likeness (QED) is 0.749. The van der Waals surface area contributed by atoms with E-state index in [-0.39, 0.29) is 12.1 Å². The molecule has 28 heavy (non-hydrogen) atoms. The second-order valence-corrected chi connectivity index (χ2v) is 6.92. The van der Waals surface area contributed by atoms with Gasteiger partial charge in [-0.2, -0.15) is 5.10 Å². The van der Waals surface area contributed by atoms with E-state index in [1.165, 1.54) is 0 Å². The van der Waals surface area contributed by atoms with Crippen LogP contribution < -0.4 is 5.32 Å². The first kappa shape index (κ1) is 18.3. The summed E-state index contributed by atoms with van der Waals surface area (Å²) in [5.74, 6) is 0. The molecule has 2 heterocycles. The Balaban J connectivity index is 1.59. The zero-order valence-electron chi connectivity index (χ0n) is 16.1. The lowest BCUT2D eigenvalue weighted by Gasteiger charge is -2.35. The fourth-order valence-corrected chi connectivity index (χ4v) is 3.62. The number of urea groups is 1. The second-order valence-electron chi connectivity index (χ2n) is 6.92. The third-order valence-corrected chi connectivity index (χ3v) is 5.10. The van der Waals surface area contributed by atoms with E-state index in [9.17, 15) is 4.79 Å². The number of hydrogen-bond acceptors (Lipinski definition) is 3. The number of morpholine rings is 1. The number of nitrogens with zero attached hydrogens (tertiary/aromatic N) is 3. The molecule has 1 aliphatic heterocycles. The molecule has 1 saturated heterocycles. The summed E-state index contributed by atoms with van der Waals surface area (Å²) in [6.07, 6.45) is 0. The van der Waals surface area contributed by atoms with Crippen molar-refractivity contribution in [3.8, 4) is 5.69 Å². The van der Waals surface area contributed by atoms with Gasteiger partial charge in [-0.3, -0.25) is 0 Å². The maximum absolute atomic E-state index is 13.1. The van der Waals surface area contributed by atoms with Crippen LogP contribution in [0.4, 0.5) is 10.5 Å². The zero-order chi connectivity index (χ0) is 19.5. The van der Waals surface area contributed by atoms with Crippen LogP contribution in [0.5, 0.6) is 0 Å². The van der Waals surface area contributed by atoms with Gasteiger partial charge in [0.15, 0.2) is 0 Å². The van der Waals surface area contributed by atoms with E-state index < -0.39 is 0 Å². The summed E-state index contributed by atoms with van der Waals surface area (Å²) < 4.78 is 7.50. The molecular formula is C22H24N4O2. The first-order chi connectivity index (χ1) is 13.6. The lowest BCUT2D eigenvalue weighted by molar-refractivity contribution is 0.0147. The molecule has 0 aliphatic carbocycles. The van der Waals surface area contributed by atoms with E-state index in [4.69, 9.17) is 4.74 Å². The second kappa shape index (κ2) is 7.86. The number of carbonyl (C=O) groups excluding carboxylic acids is 1. The van der Waals surface area contributed by atoms with Crippen molar-refractivity contribution >= 4 is 11.7 Å². The molecule has 0 radical (unpaired) electrons. The van der Waals surface area contributed by atoms with E-state index in [0.29, 0.717) is 19.8 Å². The smallest absolute Gasteiger partial charge is 0.322 e. The van der Waals surface area contributed by atoms with Crippen LogP contribution in [0.25, 0.3) is 5.69 Å². The summed E-state index contributed by atoms with van der Waals surface area (Å²) in [6.45, 7) is 5.47. The number of amides is 2. The number of hydrogen-bond donors (Lipinski definition) is 1. The molecule has 0 saturated carbocycles. The Morgan fingerprint density at radius 2 is 1.75 bits per heavy atom. The van der Waals surface area contributed by atoms with Gasteiger partial charge in [0.05, 0.1) is 42.0 Å². The molecule has 1 N–H and O–H groups in total. The minimum Gasteiger partial charge on any atom is -0.377 e. The summed E-state index contributed by atoms with van der Waals surface area (Å²) in [7, 11) is 0. The Morgan fingerprint density at radius 1 is 1.07 bits per heavy atom. The molecule has 1 fully saturated rings. The van der Waals surface area contributed by atoms with Gasteiger partial charge in [-0.05, 0) is 31.5 Å². The van der Waals surface area contributed by atoms with Crippen molar-refractivity contribution in [2.75, 3.05) is 25.1 Å². The number of aryl methyl sites for hydroxylation is 1. The summed E-state index contributed by atoms with van der Waals surface area (Å²) in [6, 6.07) is 19.7. The third-order valence-electron chi connectivity index (χ3n) is 5.10. The molecule has 144 valence electrons. The van der Waals surface area contributed by atoms with E-state index >= 15 is 0 Å². The molecule has 6 nitrogen and oxygen atoms in total. The first-order valence-electron chi connectivity index (χ1n) is 9.47. The molecule has 0 unspecified atom stereocenters. The number of rotatable bonds is 3. The highest BCUT2D eigenvalue weighted by Gasteiger charge is 2.29. The van der Waals surface area contributed by atoms with Crippen molar-refractivity contribution in [2.24, 2.45) is 0 Å². The fourth-order valence-electron chi connectivity index (χ4n) is 3.62. The minimum absolute atomic E-state index is 0.0975. The van der Waals surface area contributed by atoms with Gasteiger partial charge in [0, 0.05) is 6.54 Å². The predicted octanol–water partition coefficient (Wildman–Crippen LogP) is 4.09. The molecule has 4 rings (SSSR count). The van der Waals surface area contributed by atoms with Crippen molar-refractivity contribution in [3.05, 3.63) is 77.6 Å². The van der Waals surface area contributed by atoms with Gasteiger partial charge in [-0.15, -0.1) is 0 Å². The third kappa shape index (κ3) is 3.51. The number of para-hydroxylation sites is 1. The van der Waals surface area contributed by atoms with Gasteiger partial charge in [-0.25, -0.2) is 9.48 Å². The number of carbonyl (C=O) groups is 1. The lowest BCUT2D eigenvalue weighted by atomic mass is 10.1. The molecule has 6 heteroatoms. The van der Waals surface area contributed by atoms with E-state index in [2.05, 4.69) is 10.4 Å². The van der Waals surface area contributed by atoms with Crippen LogP contribution in [0, 0.1) is 13.8 Å². The summed E-state index contributed by atoms with van der Waals surface area (Å²) >= 11 is 0. The summed E-state index contributed by atoms with van der Waals surface area (Å²) in [5, 5.41) is 7.70. The molecule has 0 bridgehead atoms. The number of anilines is 1. The van der Waals surface area contributed by atoms with E-state index in [1.807, 2.05) is 84.1 Å². The Bertz CT molecular complexity index is 953. The maximum Gasteiger partial charge on any atom is 0.322 e. The van der Waals surface area contributed by atoms with Crippen LogP contribution in [0.3, 0.4) is 0 Å². The van der Waals surface area contributed by atoms with Gasteiger partial charge < -0.3 is 15.0 Å². The largest absolute Gasteiger partial charge is 0.377 e. The van der Waals surface area contributed by atoms with Crippen LogP contribution in [0.1, 0.15) is 23.0 Å². The topological polar surface area (TPSA) is 59.4 Å². The van der Waals surface area contributed by atoms with Crippen LogP contribution >= 0.6 is 0 Å². The number of ether oxygens (including phenoxy) is 1. The minimum atomic E-state index is -0.129. The Labute approximate surface area is 164 Å². The van der Waals surface area contributed by atoms with Crippen molar-refractivity contribution < 1.29 is 9.53 Å². The summed E-state index contributed by atoms with van der Waals surface area (Å²) in [5.41, 5.74) is 4.50. The van der Waals surface area contributed by atoms with E-state index in [1.54, 1.807) is 0 Å². The molecule has 1 atom stereocenters. The standard InChI is InChI=1S/C22H24N4O2/c1-16-21(17(2)26(24-16)19-11-7-4-8-12-19)23-22(27)25-13-14-28-15-20(25)18-9-5-3-6-10-18/h3-12,20H,13-15H2,1-2H3,(H,23,27)/t20-/m1/s1. The Kier molecular flexibility index (Phi) is 5.12. The molecule has 1 aliphatic rings. The van der Waals surface area contributed by atoms with Crippen LogP contribution in [-0.2, 0) is 4.74 Å². The summed E-state index contributed by atoms with van der Waals surface area (Å²) in [4.78, 5) is 15.0. The van der Waals surface area contributed by atoms with Crippen molar-refractivity contribution in [2.45, 2.75) is 19.9 Å². The number of nitrogens with one attached hydrogen (secondary N) is 1. The first-order valence-corrected chi connectivity index (χ1v) is 9.47. The van der Waals surface area contributed by atoms with E-state index in [0.717, 1.165) is 28.3 Å². The Morgan fingerprint density at radius 3 is 2.46 bits per heavy atom. The molecule has 2 amide bonds. The highest BCUT2D eigenvalue weighted by Crippen LogP contribution is 2.27. The highest BCUT2D eigenvalue weighted by atomic mass is 16.5. The number of benzene rings is 2. The molecule has 1 aromatic heterocycles. The molecule has 3 aromatic rings. The SMILES string of the molecule is Cc1nn(-c2ccccc2)c(C)c1NC(=O)N1CCOC[C@@H]1c1ccccc1. The van der Waals surface area contributed by atoms with Crippen molar-refractivity contribution in [1.29, 1.82) is 0 Å². The molecule has 2 aromatic carbocycles. The lowest BCUT2D eigenvalue weighted by Crippen LogP contribution is -2.45. The van der Waals surface area contributed by atoms with Gasteiger partial charge in [0.1, 0.15) is 0 Å². The average molecular weight is 376 g/mol. The molecular weight excluding hydrogens is 352 g/mol. The predicted molar refractivity (Wildman–Crippen MR) is 109 cm³/mol. The van der Waals surface area contributed by atoms with Crippen molar-refractivity contribution in [1.82, 2.24) is 14.7 Å². The fraction of sp³-hybridized carbons (Fsp3) is 0.273. The van der Waals surface area contributed by atoms with Gasteiger partial charge in [0.25, 0.3) is 0 Å². The number of aromatic nitrogens is 2. The monoisotopic (exact) mass is 376 g/mol. The Hall–Kier alpha value is -3.12. The van der Waals surface area contributed by atoms with Gasteiger partial charge in [0.2, 0.25) is 0 Å². The van der Waals surface area contributed by atoms with Crippen molar-refractivity contribution in [3.63, 3.8) is 0 Å². The van der Waals surface area contributed by atoms with Crippen LogP contribution in [-0.4, -0.2) is 40.5 Å². The average Bonchev–Trinajstić information content (AvgIpc) is 3.03. The zero-order valence-corrected chi connectivity index (χ0v) is 16.1. The van der Waals surface area contributed by atoms with Crippen LogP contribution in [0.15, 0.2) is 60.7 Å². The molecule has 0 spiro atoms. The maximum atomic E-state index is 13.1. The van der Waals surface area contributed by atoms with Gasteiger partial charge >= 0.3 is 6.03 Å². The van der Waals surface area contributed by atoms with Crippen LogP contribution in [0.2, 0.25) is 0 Å². The van der Waals surface area contributed by atoms with Gasteiger partial charge in [-0.1, -0.05) is 48.5 Å². The highest BCUT2D eigenvalue weighted by molar-refractivity contribution is 5.91. The normalized spacial score (nSPS) is 16.8.